The van der Waals surface area contributed by atoms with E-state index in [-0.39, 0.29) is 42.1 Å². The van der Waals surface area contributed by atoms with Gasteiger partial charge in [0, 0.05) is 6.61 Å². The van der Waals surface area contributed by atoms with Gasteiger partial charge in [-0.2, -0.15) is 14.8 Å². The van der Waals surface area contributed by atoms with Crippen molar-refractivity contribution >= 4 is 10.4 Å². The van der Waals surface area contributed by atoms with Crippen LogP contribution in [-0.2, 0) is 14.6 Å². The number of rotatable bonds is 15. The van der Waals surface area contributed by atoms with Gasteiger partial charge in [-0.25, -0.2) is 0 Å². The van der Waals surface area contributed by atoms with E-state index < -0.39 is 10.4 Å². The number of hydrogen-bond acceptors (Lipinski definition) is 3. The molecule has 0 aromatic carbocycles. The van der Waals surface area contributed by atoms with Gasteiger partial charge < -0.3 is 6.42 Å². The minimum absolute atomic E-state index is 0. The normalized spacial score (nSPS) is 12.9. The average Bonchev–Trinajstić information content (AvgIpc) is 2.42. The molecule has 0 amide bonds. The van der Waals surface area contributed by atoms with Crippen LogP contribution in [0.3, 0.4) is 0 Å². The van der Waals surface area contributed by atoms with Gasteiger partial charge in [-0.15, -0.1) is 5.92 Å². The summed E-state index contributed by atoms with van der Waals surface area (Å²) in [5.41, 5.74) is 0. The molecular weight excluding hydrogens is 311 g/mol. The number of hydrogen-bond donors (Lipinski definition) is 1. The predicted octanol–water partition coefficient (Wildman–Crippen LogP) is 1.96. The van der Waals surface area contributed by atoms with Crippen LogP contribution in [0.4, 0.5) is 0 Å². The zero-order chi connectivity index (χ0) is 16.0. The third kappa shape index (κ3) is 18.9. The van der Waals surface area contributed by atoms with Crippen molar-refractivity contribution in [3.05, 3.63) is 6.42 Å². The molecule has 0 aliphatic carbocycles. The van der Waals surface area contributed by atoms with E-state index in [4.69, 9.17) is 4.55 Å². The summed E-state index contributed by atoms with van der Waals surface area (Å²) in [5, 5.41) is 0. The minimum Gasteiger partial charge on any atom is -0.323 e. The molecule has 0 aromatic rings. The van der Waals surface area contributed by atoms with Gasteiger partial charge in [0.15, 0.2) is 0 Å². The van der Waals surface area contributed by atoms with Crippen molar-refractivity contribution in [3.8, 4) is 0 Å². The molecule has 0 heterocycles. The summed E-state index contributed by atoms with van der Waals surface area (Å²) in [7, 11) is -4.32. The maximum Gasteiger partial charge on any atom is 1.00 e. The fourth-order valence-electron chi connectivity index (χ4n) is 2.38. The van der Waals surface area contributed by atoms with Crippen LogP contribution in [0, 0.1) is 12.3 Å². The van der Waals surface area contributed by atoms with E-state index in [0.29, 0.717) is 0 Å². The average molecular weight is 344 g/mol. The van der Waals surface area contributed by atoms with Crippen LogP contribution in [0.1, 0.15) is 84.5 Å². The first-order valence-corrected chi connectivity index (χ1v) is 9.81. The Hall–Kier alpha value is 0.870. The van der Waals surface area contributed by atoms with Crippen LogP contribution in [0.5, 0.6) is 0 Å². The SMILES string of the molecule is CCCCCCC[CH-]C(CCCCCC)COS(=O)(=O)O.[Na+]. The summed E-state index contributed by atoms with van der Waals surface area (Å²) in [4.78, 5) is 0. The summed E-state index contributed by atoms with van der Waals surface area (Å²) in [5.74, 6) is 0.120. The van der Waals surface area contributed by atoms with Crippen LogP contribution < -0.4 is 29.6 Å². The summed E-state index contributed by atoms with van der Waals surface area (Å²) in [6.45, 7) is 4.44. The quantitative estimate of drug-likeness (QED) is 0.213. The van der Waals surface area contributed by atoms with E-state index in [9.17, 15) is 8.42 Å². The van der Waals surface area contributed by atoms with Crippen LogP contribution in [0.15, 0.2) is 0 Å². The third-order valence-electron chi connectivity index (χ3n) is 3.67. The molecule has 0 aromatic heterocycles. The Bertz CT molecular complexity index is 320. The summed E-state index contributed by atoms with van der Waals surface area (Å²) < 4.78 is 34.6. The van der Waals surface area contributed by atoms with E-state index in [1.54, 1.807) is 0 Å². The Morgan fingerprint density at radius 3 is 2.05 bits per heavy atom. The molecule has 22 heavy (non-hydrogen) atoms. The molecule has 4 nitrogen and oxygen atoms in total. The largest absolute Gasteiger partial charge is 1.00 e. The minimum atomic E-state index is -4.32. The van der Waals surface area contributed by atoms with E-state index >= 15 is 0 Å². The van der Waals surface area contributed by atoms with Gasteiger partial charge in [0.1, 0.15) is 0 Å². The Kier molecular flexibility index (Phi) is 19.1. The van der Waals surface area contributed by atoms with Crippen molar-refractivity contribution in [1.29, 1.82) is 0 Å². The first-order chi connectivity index (χ1) is 9.99. The Morgan fingerprint density at radius 2 is 1.50 bits per heavy atom. The molecule has 0 bridgehead atoms. The monoisotopic (exact) mass is 344 g/mol. The van der Waals surface area contributed by atoms with Gasteiger partial charge in [0.05, 0.1) is 0 Å². The summed E-state index contributed by atoms with van der Waals surface area (Å²) in [6.07, 6.45) is 14.9. The maximum atomic E-state index is 10.7. The molecular formula is C16H33NaO4S. The van der Waals surface area contributed by atoms with Crippen molar-refractivity contribution in [3.63, 3.8) is 0 Å². The second-order valence-corrected chi connectivity index (χ2v) is 6.85. The van der Waals surface area contributed by atoms with Crippen molar-refractivity contribution in [2.75, 3.05) is 6.61 Å². The van der Waals surface area contributed by atoms with Gasteiger partial charge in [-0.3, -0.25) is 8.74 Å². The fraction of sp³-hybridized carbons (Fsp3) is 0.938. The van der Waals surface area contributed by atoms with Gasteiger partial charge in [-0.05, 0) is 0 Å². The molecule has 0 saturated heterocycles. The van der Waals surface area contributed by atoms with Crippen LogP contribution >= 0.6 is 0 Å². The van der Waals surface area contributed by atoms with E-state index in [1.165, 1.54) is 44.9 Å². The van der Waals surface area contributed by atoms with Gasteiger partial charge >= 0.3 is 40.0 Å². The standard InChI is InChI=1S/C16H33O4S.Na/c1-3-5-7-9-10-12-14-16(13-11-8-6-4-2)15-20-21(17,18)19;/h14,16H,3-13,15H2,1-2H3,(H,17,18,19);/q-1;+1. The van der Waals surface area contributed by atoms with Crippen LogP contribution in [0.25, 0.3) is 0 Å². The molecule has 0 aliphatic rings. The summed E-state index contributed by atoms with van der Waals surface area (Å²) >= 11 is 0. The first-order valence-electron chi connectivity index (χ1n) is 8.44. The van der Waals surface area contributed by atoms with E-state index in [1.807, 2.05) is 0 Å². The van der Waals surface area contributed by atoms with E-state index in [0.717, 1.165) is 25.7 Å². The maximum absolute atomic E-state index is 10.7. The smallest absolute Gasteiger partial charge is 0.323 e. The zero-order valence-corrected chi connectivity index (χ0v) is 17.5. The van der Waals surface area contributed by atoms with Crippen molar-refractivity contribution in [2.24, 2.45) is 5.92 Å². The van der Waals surface area contributed by atoms with Crippen molar-refractivity contribution < 1.29 is 46.7 Å². The topological polar surface area (TPSA) is 63.6 Å². The molecule has 1 unspecified atom stereocenters. The van der Waals surface area contributed by atoms with Crippen LogP contribution in [0.2, 0.25) is 0 Å². The van der Waals surface area contributed by atoms with Gasteiger partial charge in [0.25, 0.3) is 0 Å². The fourth-order valence-corrected chi connectivity index (χ4v) is 2.72. The Labute approximate surface area is 160 Å². The molecule has 1 atom stereocenters. The van der Waals surface area contributed by atoms with Crippen LogP contribution in [-0.4, -0.2) is 19.6 Å². The molecule has 0 fully saturated rings. The van der Waals surface area contributed by atoms with Gasteiger partial charge in [0.2, 0.25) is 0 Å². The van der Waals surface area contributed by atoms with E-state index in [2.05, 4.69) is 24.5 Å². The predicted molar refractivity (Wildman–Crippen MR) is 87.4 cm³/mol. The molecule has 6 heteroatoms. The third-order valence-corrected chi connectivity index (χ3v) is 4.10. The number of unbranched alkanes of at least 4 members (excludes halogenated alkanes) is 8. The Balaban J connectivity index is 0. The molecule has 1 N–H and O–H groups in total. The molecule has 0 saturated carbocycles. The molecule has 128 valence electrons. The molecule has 0 aliphatic heterocycles. The first kappa shape index (κ1) is 25.1. The van der Waals surface area contributed by atoms with Gasteiger partial charge in [-0.1, -0.05) is 78.1 Å². The molecule has 0 radical (unpaired) electrons. The second kappa shape index (κ2) is 16.7. The Morgan fingerprint density at radius 1 is 0.955 bits per heavy atom. The molecule has 0 spiro atoms. The summed E-state index contributed by atoms with van der Waals surface area (Å²) in [6, 6.07) is 0. The zero-order valence-electron chi connectivity index (χ0n) is 14.7. The van der Waals surface area contributed by atoms with Crippen molar-refractivity contribution in [1.82, 2.24) is 0 Å². The molecule has 0 rings (SSSR count). The second-order valence-electron chi connectivity index (χ2n) is 5.76. The van der Waals surface area contributed by atoms with Crippen molar-refractivity contribution in [2.45, 2.75) is 84.5 Å².